The van der Waals surface area contributed by atoms with Gasteiger partial charge in [-0.15, -0.1) is 0 Å². The number of hydrogen-bond donors (Lipinski definition) is 1. The molecule has 0 fully saturated rings. The first-order valence-corrected chi connectivity index (χ1v) is 6.14. The van der Waals surface area contributed by atoms with E-state index in [1.807, 2.05) is 24.3 Å². The Morgan fingerprint density at radius 3 is 2.40 bits per heavy atom. The highest BCUT2D eigenvalue weighted by atomic mass is 19.1. The van der Waals surface area contributed by atoms with Gasteiger partial charge < -0.3 is 19.9 Å². The fraction of sp³-hybridized carbons (Fsp3) is 0.200. The van der Waals surface area contributed by atoms with Crippen LogP contribution >= 0.6 is 0 Å². The van der Waals surface area contributed by atoms with E-state index in [1.54, 1.807) is 13.2 Å². The van der Waals surface area contributed by atoms with Gasteiger partial charge in [0.05, 0.1) is 12.8 Å². The van der Waals surface area contributed by atoms with Crippen LogP contribution < -0.4 is 19.9 Å². The Morgan fingerprint density at radius 2 is 1.70 bits per heavy atom. The normalized spacial score (nSPS) is 10.1. The molecule has 106 valence electrons. The van der Waals surface area contributed by atoms with E-state index in [4.69, 9.17) is 19.9 Å². The molecule has 0 bridgehead atoms. The number of halogens is 1. The van der Waals surface area contributed by atoms with Crippen molar-refractivity contribution in [2.75, 3.05) is 26.1 Å². The van der Waals surface area contributed by atoms with E-state index in [1.165, 1.54) is 12.1 Å². The minimum atomic E-state index is -0.492. The predicted octanol–water partition coefficient (Wildman–Crippen LogP) is 2.87. The summed E-state index contributed by atoms with van der Waals surface area (Å²) in [6.45, 7) is 0.619. The predicted molar refractivity (Wildman–Crippen MR) is 74.8 cm³/mol. The number of nitrogens with two attached hydrogens (primary N) is 1. The maximum Gasteiger partial charge on any atom is 0.161 e. The van der Waals surface area contributed by atoms with Gasteiger partial charge in [-0.2, -0.15) is 0 Å². The van der Waals surface area contributed by atoms with E-state index >= 15 is 0 Å². The van der Waals surface area contributed by atoms with Gasteiger partial charge in [0.25, 0.3) is 0 Å². The van der Waals surface area contributed by atoms with Crippen molar-refractivity contribution in [2.24, 2.45) is 0 Å². The molecule has 2 rings (SSSR count). The minimum Gasteiger partial charge on any atom is -0.493 e. The van der Waals surface area contributed by atoms with Crippen LogP contribution in [0, 0.1) is 5.82 Å². The van der Waals surface area contributed by atoms with E-state index in [2.05, 4.69) is 0 Å². The van der Waals surface area contributed by atoms with E-state index < -0.39 is 5.82 Å². The van der Waals surface area contributed by atoms with Gasteiger partial charge in [-0.25, -0.2) is 4.39 Å². The SMILES string of the molecule is COc1ccccc1OCCOc1ccc(N)c(F)c1. The number of rotatable bonds is 6. The molecule has 0 atom stereocenters. The summed E-state index contributed by atoms with van der Waals surface area (Å²) in [6, 6.07) is 11.7. The number of ether oxygens (including phenoxy) is 3. The maximum absolute atomic E-state index is 13.2. The Balaban J connectivity index is 1.83. The van der Waals surface area contributed by atoms with Crippen LogP contribution in [-0.4, -0.2) is 20.3 Å². The second kappa shape index (κ2) is 6.65. The highest BCUT2D eigenvalue weighted by molar-refractivity contribution is 5.43. The Hall–Kier alpha value is -2.43. The molecule has 0 heterocycles. The van der Waals surface area contributed by atoms with Crippen molar-refractivity contribution in [1.29, 1.82) is 0 Å². The molecule has 0 unspecified atom stereocenters. The highest BCUT2D eigenvalue weighted by Gasteiger charge is 2.03. The maximum atomic E-state index is 13.2. The minimum absolute atomic E-state index is 0.0996. The molecule has 0 aromatic heterocycles. The van der Waals surface area contributed by atoms with Crippen LogP contribution in [0.15, 0.2) is 42.5 Å². The third-order valence-electron chi connectivity index (χ3n) is 2.65. The monoisotopic (exact) mass is 277 g/mol. The summed E-state index contributed by atoms with van der Waals surface area (Å²) in [5.74, 6) is 1.22. The molecule has 20 heavy (non-hydrogen) atoms. The second-order valence-corrected chi connectivity index (χ2v) is 4.03. The molecule has 0 aliphatic carbocycles. The van der Waals surface area contributed by atoms with Crippen LogP contribution in [0.25, 0.3) is 0 Å². The zero-order valence-corrected chi connectivity index (χ0v) is 11.1. The molecule has 0 spiro atoms. The first-order valence-electron chi connectivity index (χ1n) is 6.14. The van der Waals surface area contributed by atoms with Crippen molar-refractivity contribution in [3.8, 4) is 17.2 Å². The Kier molecular flexibility index (Phi) is 4.65. The molecule has 0 saturated carbocycles. The van der Waals surface area contributed by atoms with Gasteiger partial charge >= 0.3 is 0 Å². The van der Waals surface area contributed by atoms with Gasteiger partial charge in [-0.3, -0.25) is 0 Å². The zero-order valence-electron chi connectivity index (χ0n) is 11.1. The Labute approximate surface area is 116 Å². The molecule has 0 saturated heterocycles. The molecule has 0 aliphatic rings. The summed E-state index contributed by atoms with van der Waals surface area (Å²) in [5.41, 5.74) is 5.48. The van der Waals surface area contributed by atoms with Crippen molar-refractivity contribution >= 4 is 5.69 Å². The summed E-state index contributed by atoms with van der Waals surface area (Å²) in [7, 11) is 1.58. The molecule has 2 aromatic rings. The Bertz CT molecular complexity index is 575. The van der Waals surface area contributed by atoms with Gasteiger partial charge in [0, 0.05) is 6.07 Å². The highest BCUT2D eigenvalue weighted by Crippen LogP contribution is 2.25. The van der Waals surface area contributed by atoms with Gasteiger partial charge in [0.15, 0.2) is 11.5 Å². The van der Waals surface area contributed by atoms with E-state index in [-0.39, 0.29) is 5.69 Å². The molecule has 4 nitrogen and oxygen atoms in total. The van der Waals surface area contributed by atoms with E-state index in [9.17, 15) is 4.39 Å². The van der Waals surface area contributed by atoms with Gasteiger partial charge in [0.2, 0.25) is 0 Å². The van der Waals surface area contributed by atoms with Crippen LogP contribution in [0.1, 0.15) is 0 Å². The molecular weight excluding hydrogens is 261 g/mol. The second-order valence-electron chi connectivity index (χ2n) is 4.03. The third kappa shape index (κ3) is 3.54. The van der Waals surface area contributed by atoms with Gasteiger partial charge in [0.1, 0.15) is 24.8 Å². The van der Waals surface area contributed by atoms with Crippen LogP contribution in [0.2, 0.25) is 0 Å². The summed E-state index contributed by atoms with van der Waals surface area (Å²) in [5, 5.41) is 0. The first-order chi connectivity index (χ1) is 9.70. The Morgan fingerprint density at radius 1 is 1.00 bits per heavy atom. The quantitative estimate of drug-likeness (QED) is 0.651. The standard InChI is InChI=1S/C15H16FNO3/c1-18-14-4-2-3-5-15(14)20-9-8-19-11-6-7-13(17)12(16)10-11/h2-7,10H,8-9,17H2,1H3. The molecule has 0 radical (unpaired) electrons. The fourth-order valence-corrected chi connectivity index (χ4v) is 1.65. The van der Waals surface area contributed by atoms with Crippen molar-refractivity contribution < 1.29 is 18.6 Å². The number of anilines is 1. The van der Waals surface area contributed by atoms with Crippen LogP contribution in [0.5, 0.6) is 17.2 Å². The van der Waals surface area contributed by atoms with Crippen LogP contribution in [-0.2, 0) is 0 Å². The number of hydrogen-bond acceptors (Lipinski definition) is 4. The van der Waals surface area contributed by atoms with E-state index in [0.717, 1.165) is 0 Å². The lowest BCUT2D eigenvalue weighted by Gasteiger charge is -2.11. The number of benzene rings is 2. The number of nitrogen functional groups attached to an aromatic ring is 1. The largest absolute Gasteiger partial charge is 0.493 e. The zero-order chi connectivity index (χ0) is 14.4. The molecule has 0 aliphatic heterocycles. The summed E-state index contributed by atoms with van der Waals surface area (Å²) in [4.78, 5) is 0. The van der Waals surface area contributed by atoms with Crippen LogP contribution in [0.4, 0.5) is 10.1 Å². The molecular formula is C15H16FNO3. The van der Waals surface area contributed by atoms with Crippen molar-refractivity contribution in [2.45, 2.75) is 0 Å². The topological polar surface area (TPSA) is 53.7 Å². The fourth-order valence-electron chi connectivity index (χ4n) is 1.65. The summed E-state index contributed by atoms with van der Waals surface area (Å²) < 4.78 is 29.3. The lowest BCUT2D eigenvalue weighted by atomic mass is 10.3. The smallest absolute Gasteiger partial charge is 0.161 e. The lowest BCUT2D eigenvalue weighted by molar-refractivity contribution is 0.211. The molecule has 2 aromatic carbocycles. The van der Waals surface area contributed by atoms with Crippen molar-refractivity contribution in [3.05, 3.63) is 48.3 Å². The molecule has 0 amide bonds. The molecule has 2 N–H and O–H groups in total. The average Bonchev–Trinajstić information content (AvgIpc) is 2.47. The van der Waals surface area contributed by atoms with Crippen molar-refractivity contribution in [1.82, 2.24) is 0 Å². The molecule has 5 heteroatoms. The average molecular weight is 277 g/mol. The lowest BCUT2D eigenvalue weighted by Crippen LogP contribution is -2.09. The van der Waals surface area contributed by atoms with E-state index in [0.29, 0.717) is 30.5 Å². The summed E-state index contributed by atoms with van der Waals surface area (Å²) >= 11 is 0. The number of para-hydroxylation sites is 2. The summed E-state index contributed by atoms with van der Waals surface area (Å²) in [6.07, 6.45) is 0. The van der Waals surface area contributed by atoms with Gasteiger partial charge in [-0.05, 0) is 24.3 Å². The first kappa shape index (κ1) is 14.0. The van der Waals surface area contributed by atoms with Gasteiger partial charge in [-0.1, -0.05) is 12.1 Å². The van der Waals surface area contributed by atoms with Crippen LogP contribution in [0.3, 0.4) is 0 Å². The number of methoxy groups -OCH3 is 1. The third-order valence-corrected chi connectivity index (χ3v) is 2.65. The van der Waals surface area contributed by atoms with Crippen molar-refractivity contribution in [3.63, 3.8) is 0 Å².